The molecule has 1 fully saturated rings. The Hall–Kier alpha value is -1.05. The highest BCUT2D eigenvalue weighted by molar-refractivity contribution is 5.42. The van der Waals surface area contributed by atoms with Crippen molar-refractivity contribution in [3.05, 3.63) is 23.9 Å². The van der Waals surface area contributed by atoms with Crippen LogP contribution in [0.3, 0.4) is 0 Å². The maximum Gasteiger partial charge on any atom is 0.128 e. The zero-order valence-electron chi connectivity index (χ0n) is 13.5. The zero-order valence-corrected chi connectivity index (χ0v) is 13.5. The molecule has 1 atom stereocenters. The summed E-state index contributed by atoms with van der Waals surface area (Å²) in [6.07, 6.45) is 3.26. The molecule has 1 aromatic rings. The van der Waals surface area contributed by atoms with Gasteiger partial charge in [0.15, 0.2) is 0 Å². The van der Waals surface area contributed by atoms with Gasteiger partial charge in [-0.25, -0.2) is 4.98 Å². The van der Waals surface area contributed by atoms with E-state index in [1.165, 1.54) is 24.3 Å². The Morgan fingerprint density at radius 2 is 1.89 bits per heavy atom. The van der Waals surface area contributed by atoms with Crippen LogP contribution >= 0.6 is 0 Å². The lowest BCUT2D eigenvalue weighted by Gasteiger charge is -2.20. The van der Waals surface area contributed by atoms with Gasteiger partial charge in [0.1, 0.15) is 5.82 Å². The largest absolute Gasteiger partial charge is 0.356 e. The SMILES string of the molecule is CC.CC(C)c1ccnc(N2CCC(C(C)C)C2)c1. The molecule has 1 aromatic heterocycles. The average molecular weight is 262 g/mol. The van der Waals surface area contributed by atoms with Crippen molar-refractivity contribution in [3.8, 4) is 0 Å². The van der Waals surface area contributed by atoms with Crippen molar-refractivity contribution in [2.24, 2.45) is 11.8 Å². The molecule has 2 nitrogen and oxygen atoms in total. The van der Waals surface area contributed by atoms with Gasteiger partial charge >= 0.3 is 0 Å². The molecule has 2 heterocycles. The van der Waals surface area contributed by atoms with E-state index in [0.29, 0.717) is 5.92 Å². The van der Waals surface area contributed by atoms with E-state index < -0.39 is 0 Å². The third kappa shape index (κ3) is 4.22. The number of nitrogens with zero attached hydrogens (tertiary/aromatic N) is 2. The number of rotatable bonds is 3. The first-order chi connectivity index (χ1) is 9.08. The van der Waals surface area contributed by atoms with Gasteiger partial charge in [-0.2, -0.15) is 0 Å². The van der Waals surface area contributed by atoms with Crippen LogP contribution in [0.2, 0.25) is 0 Å². The van der Waals surface area contributed by atoms with E-state index in [2.05, 4.69) is 49.7 Å². The lowest BCUT2D eigenvalue weighted by molar-refractivity contribution is 0.422. The predicted octanol–water partition coefficient (Wildman–Crippen LogP) is 4.71. The van der Waals surface area contributed by atoms with Crippen LogP contribution in [0.1, 0.15) is 59.4 Å². The molecular weight excluding hydrogens is 232 g/mol. The molecule has 0 amide bonds. The average Bonchev–Trinajstić information content (AvgIpc) is 2.91. The minimum atomic E-state index is 0.584. The van der Waals surface area contributed by atoms with Crippen molar-refractivity contribution < 1.29 is 0 Å². The Morgan fingerprint density at radius 1 is 1.21 bits per heavy atom. The van der Waals surface area contributed by atoms with Crippen molar-refractivity contribution in [2.45, 2.75) is 53.9 Å². The Balaban J connectivity index is 0.000000861. The molecule has 0 N–H and O–H groups in total. The third-order valence-electron chi connectivity index (χ3n) is 3.93. The maximum atomic E-state index is 4.52. The lowest BCUT2D eigenvalue weighted by atomic mass is 9.95. The molecule has 0 aliphatic carbocycles. The van der Waals surface area contributed by atoms with Gasteiger partial charge in [-0.05, 0) is 41.9 Å². The van der Waals surface area contributed by atoms with Crippen molar-refractivity contribution in [2.75, 3.05) is 18.0 Å². The molecule has 1 aliphatic heterocycles. The summed E-state index contributed by atoms with van der Waals surface area (Å²) >= 11 is 0. The molecule has 2 rings (SSSR count). The summed E-state index contributed by atoms with van der Waals surface area (Å²) in [6.45, 7) is 15.5. The summed E-state index contributed by atoms with van der Waals surface area (Å²) in [5, 5.41) is 0. The topological polar surface area (TPSA) is 16.1 Å². The van der Waals surface area contributed by atoms with Gasteiger partial charge in [-0.15, -0.1) is 0 Å². The second-order valence-corrected chi connectivity index (χ2v) is 5.84. The Bertz CT molecular complexity index is 371. The molecule has 1 aliphatic rings. The number of hydrogen-bond acceptors (Lipinski definition) is 2. The fraction of sp³-hybridized carbons (Fsp3) is 0.706. The smallest absolute Gasteiger partial charge is 0.128 e. The fourth-order valence-corrected chi connectivity index (χ4v) is 2.51. The van der Waals surface area contributed by atoms with Gasteiger partial charge in [0.25, 0.3) is 0 Å². The first kappa shape index (κ1) is 16.0. The molecule has 0 aromatic carbocycles. The van der Waals surface area contributed by atoms with Crippen molar-refractivity contribution >= 4 is 5.82 Å². The van der Waals surface area contributed by atoms with Crippen LogP contribution < -0.4 is 4.90 Å². The van der Waals surface area contributed by atoms with Gasteiger partial charge in [0.2, 0.25) is 0 Å². The van der Waals surface area contributed by atoms with Crippen LogP contribution in [0.4, 0.5) is 5.82 Å². The minimum Gasteiger partial charge on any atom is -0.356 e. The van der Waals surface area contributed by atoms with E-state index in [1.807, 2.05) is 20.0 Å². The normalized spacial score (nSPS) is 18.7. The summed E-state index contributed by atoms with van der Waals surface area (Å²) in [4.78, 5) is 6.96. The van der Waals surface area contributed by atoms with Crippen LogP contribution in [-0.4, -0.2) is 18.1 Å². The number of hydrogen-bond donors (Lipinski definition) is 0. The van der Waals surface area contributed by atoms with Crippen LogP contribution in [0, 0.1) is 11.8 Å². The van der Waals surface area contributed by atoms with E-state index in [0.717, 1.165) is 18.4 Å². The van der Waals surface area contributed by atoms with Gasteiger partial charge in [0.05, 0.1) is 0 Å². The molecule has 0 saturated carbocycles. The lowest BCUT2D eigenvalue weighted by Crippen LogP contribution is -2.22. The first-order valence-electron chi connectivity index (χ1n) is 7.79. The number of aromatic nitrogens is 1. The molecule has 108 valence electrons. The molecular formula is C17H30N2. The van der Waals surface area contributed by atoms with Gasteiger partial charge < -0.3 is 4.90 Å². The van der Waals surface area contributed by atoms with Gasteiger partial charge in [-0.1, -0.05) is 41.5 Å². The van der Waals surface area contributed by atoms with E-state index in [4.69, 9.17) is 0 Å². The third-order valence-corrected chi connectivity index (χ3v) is 3.93. The second-order valence-electron chi connectivity index (χ2n) is 5.84. The minimum absolute atomic E-state index is 0.584. The van der Waals surface area contributed by atoms with Gasteiger partial charge in [-0.3, -0.25) is 0 Å². The zero-order chi connectivity index (χ0) is 14.4. The summed E-state index contributed by atoms with van der Waals surface area (Å²) in [5.74, 6) is 3.37. The molecule has 1 unspecified atom stereocenters. The summed E-state index contributed by atoms with van der Waals surface area (Å²) in [6, 6.07) is 4.39. The summed E-state index contributed by atoms with van der Waals surface area (Å²) in [7, 11) is 0. The number of pyridine rings is 1. The highest BCUT2D eigenvalue weighted by atomic mass is 15.2. The molecule has 0 radical (unpaired) electrons. The van der Waals surface area contributed by atoms with Crippen molar-refractivity contribution in [1.82, 2.24) is 4.98 Å². The molecule has 19 heavy (non-hydrogen) atoms. The van der Waals surface area contributed by atoms with Crippen LogP contribution in [0.25, 0.3) is 0 Å². The van der Waals surface area contributed by atoms with Crippen molar-refractivity contribution in [1.29, 1.82) is 0 Å². The monoisotopic (exact) mass is 262 g/mol. The second kappa shape index (κ2) is 7.52. The first-order valence-corrected chi connectivity index (χ1v) is 7.79. The van der Waals surface area contributed by atoms with Crippen LogP contribution in [0.5, 0.6) is 0 Å². The fourth-order valence-electron chi connectivity index (χ4n) is 2.51. The van der Waals surface area contributed by atoms with E-state index in [9.17, 15) is 0 Å². The predicted molar refractivity (Wildman–Crippen MR) is 84.8 cm³/mol. The Labute approximate surface area is 119 Å². The standard InChI is InChI=1S/C15H24N2.C2H6/c1-11(2)13-5-7-16-15(9-13)17-8-6-14(10-17)12(3)4;1-2/h5,7,9,11-12,14H,6,8,10H2,1-4H3;1-2H3. The van der Waals surface area contributed by atoms with Crippen LogP contribution in [0.15, 0.2) is 18.3 Å². The van der Waals surface area contributed by atoms with E-state index in [1.54, 1.807) is 0 Å². The van der Waals surface area contributed by atoms with E-state index >= 15 is 0 Å². The maximum absolute atomic E-state index is 4.52. The molecule has 2 heteroatoms. The molecule has 0 bridgehead atoms. The summed E-state index contributed by atoms with van der Waals surface area (Å²) < 4.78 is 0. The van der Waals surface area contributed by atoms with E-state index in [-0.39, 0.29) is 0 Å². The Kier molecular flexibility index (Phi) is 6.33. The highest BCUT2D eigenvalue weighted by Gasteiger charge is 2.25. The molecule has 1 saturated heterocycles. The molecule has 0 spiro atoms. The highest BCUT2D eigenvalue weighted by Crippen LogP contribution is 2.28. The summed E-state index contributed by atoms with van der Waals surface area (Å²) in [5.41, 5.74) is 1.39. The Morgan fingerprint density at radius 3 is 2.42 bits per heavy atom. The van der Waals surface area contributed by atoms with Crippen molar-refractivity contribution in [3.63, 3.8) is 0 Å². The number of anilines is 1. The van der Waals surface area contributed by atoms with Gasteiger partial charge in [0, 0.05) is 19.3 Å². The van der Waals surface area contributed by atoms with Crippen LogP contribution in [-0.2, 0) is 0 Å². The quantitative estimate of drug-likeness (QED) is 0.784.